The molecule has 0 aromatic heterocycles. The molecule has 1 amide bonds. The van der Waals surface area contributed by atoms with E-state index in [4.69, 9.17) is 5.73 Å². The minimum Gasteiger partial charge on any atom is -0.480 e. The van der Waals surface area contributed by atoms with Crippen molar-refractivity contribution in [2.45, 2.75) is 44.3 Å². The number of nitrogens with two attached hydrogens (primary N) is 1. The maximum atomic E-state index is 12.4. The average molecular weight is 288 g/mol. The molecule has 5 nitrogen and oxygen atoms in total. The molecule has 1 aromatic rings. The number of carboxylic acids is 1. The van der Waals surface area contributed by atoms with Gasteiger partial charge < -0.3 is 15.7 Å². The van der Waals surface area contributed by atoms with E-state index in [-0.39, 0.29) is 18.4 Å². The van der Waals surface area contributed by atoms with Crippen molar-refractivity contribution < 1.29 is 14.7 Å². The molecule has 21 heavy (non-hydrogen) atoms. The average Bonchev–Trinajstić information content (AvgIpc) is 3.30. The largest absolute Gasteiger partial charge is 0.480 e. The fourth-order valence-corrected chi connectivity index (χ4v) is 3.02. The Hall–Kier alpha value is -1.88. The number of carboxylic acid groups (broad SMARTS) is 1. The summed E-state index contributed by atoms with van der Waals surface area (Å²) in [5, 5.41) is 9.41. The molecule has 0 spiro atoms. The van der Waals surface area contributed by atoms with E-state index < -0.39 is 12.0 Å². The summed E-state index contributed by atoms with van der Waals surface area (Å²) >= 11 is 0. The number of hydrogen-bond acceptors (Lipinski definition) is 3. The highest BCUT2D eigenvalue weighted by atomic mass is 16.4. The fourth-order valence-electron chi connectivity index (χ4n) is 3.02. The molecule has 1 unspecified atom stereocenters. The van der Waals surface area contributed by atoms with Crippen LogP contribution in [0.2, 0.25) is 0 Å². The van der Waals surface area contributed by atoms with E-state index >= 15 is 0 Å². The van der Waals surface area contributed by atoms with Gasteiger partial charge in [0.1, 0.15) is 6.04 Å². The van der Waals surface area contributed by atoms with E-state index in [0.29, 0.717) is 18.9 Å². The Morgan fingerprint density at radius 2 is 1.95 bits per heavy atom. The number of aliphatic carboxylic acids is 1. The van der Waals surface area contributed by atoms with Crippen molar-refractivity contribution in [3.05, 3.63) is 35.4 Å². The molecule has 2 aliphatic rings. The molecular formula is C16H20N2O3. The predicted octanol–water partition coefficient (Wildman–Crippen LogP) is 1.15. The molecule has 1 aliphatic carbocycles. The Morgan fingerprint density at radius 1 is 1.29 bits per heavy atom. The molecule has 1 aromatic carbocycles. The minimum absolute atomic E-state index is 0.135. The molecule has 1 saturated carbocycles. The van der Waals surface area contributed by atoms with Crippen molar-refractivity contribution in [1.82, 2.24) is 4.90 Å². The van der Waals surface area contributed by atoms with Gasteiger partial charge in [-0.15, -0.1) is 0 Å². The lowest BCUT2D eigenvalue weighted by Crippen LogP contribution is -2.50. The van der Waals surface area contributed by atoms with E-state index in [1.54, 1.807) is 0 Å². The summed E-state index contributed by atoms with van der Waals surface area (Å²) in [4.78, 5) is 25.4. The highest BCUT2D eigenvalue weighted by Crippen LogP contribution is 2.33. The Labute approximate surface area is 123 Å². The zero-order valence-corrected chi connectivity index (χ0v) is 11.9. The normalized spacial score (nSPS) is 22.5. The van der Waals surface area contributed by atoms with E-state index in [2.05, 4.69) is 0 Å². The third kappa shape index (κ3) is 2.93. The van der Waals surface area contributed by atoms with E-state index in [1.807, 2.05) is 24.3 Å². The molecular weight excluding hydrogens is 268 g/mol. The second-order valence-corrected chi connectivity index (χ2v) is 6.05. The van der Waals surface area contributed by atoms with E-state index in [0.717, 1.165) is 24.0 Å². The lowest BCUT2D eigenvalue weighted by Gasteiger charge is -2.35. The van der Waals surface area contributed by atoms with Crippen LogP contribution in [0.4, 0.5) is 0 Å². The van der Waals surface area contributed by atoms with E-state index in [1.165, 1.54) is 4.90 Å². The standard InChI is InChI=1S/C16H20N2O3/c17-13(10-5-6-10)8-15(19)18-9-12-4-2-1-3-11(12)7-14(18)16(20)21/h1-4,10,13-14H,5-9,17H2,(H,20,21)/t13?,14-/m1/s1. The summed E-state index contributed by atoms with van der Waals surface area (Å²) in [6, 6.07) is 6.79. The number of rotatable bonds is 4. The van der Waals surface area contributed by atoms with Gasteiger partial charge in [0.15, 0.2) is 0 Å². The number of amides is 1. The van der Waals surface area contributed by atoms with Gasteiger partial charge in [0.25, 0.3) is 0 Å². The quantitative estimate of drug-likeness (QED) is 0.870. The zero-order valence-electron chi connectivity index (χ0n) is 11.9. The van der Waals surface area contributed by atoms with Gasteiger partial charge >= 0.3 is 5.97 Å². The van der Waals surface area contributed by atoms with Gasteiger partial charge in [-0.3, -0.25) is 4.79 Å². The molecule has 1 heterocycles. The molecule has 0 saturated heterocycles. The van der Waals surface area contributed by atoms with Crippen molar-refractivity contribution in [2.75, 3.05) is 0 Å². The lowest BCUT2D eigenvalue weighted by atomic mass is 9.93. The number of hydrogen-bond donors (Lipinski definition) is 2. The SMILES string of the molecule is NC(CC(=O)N1Cc2ccccc2C[C@@H]1C(=O)O)C1CC1. The van der Waals surface area contributed by atoms with Crippen molar-refractivity contribution in [3.63, 3.8) is 0 Å². The highest BCUT2D eigenvalue weighted by Gasteiger charge is 2.37. The predicted molar refractivity (Wildman–Crippen MR) is 77.4 cm³/mol. The monoisotopic (exact) mass is 288 g/mol. The molecule has 2 atom stereocenters. The van der Waals surface area contributed by atoms with Crippen molar-refractivity contribution in [1.29, 1.82) is 0 Å². The zero-order chi connectivity index (χ0) is 15.0. The third-order valence-electron chi connectivity index (χ3n) is 4.49. The summed E-state index contributed by atoms with van der Waals surface area (Å²) in [7, 11) is 0. The van der Waals surface area contributed by atoms with Crippen LogP contribution in [0.25, 0.3) is 0 Å². The van der Waals surface area contributed by atoms with Crippen LogP contribution in [0.3, 0.4) is 0 Å². The molecule has 3 N–H and O–H groups in total. The number of benzene rings is 1. The lowest BCUT2D eigenvalue weighted by molar-refractivity contribution is -0.151. The smallest absolute Gasteiger partial charge is 0.326 e. The fraction of sp³-hybridized carbons (Fsp3) is 0.500. The van der Waals surface area contributed by atoms with Gasteiger partial charge in [-0.25, -0.2) is 4.79 Å². The third-order valence-corrected chi connectivity index (χ3v) is 4.49. The molecule has 3 rings (SSSR count). The van der Waals surface area contributed by atoms with Crippen LogP contribution in [0.15, 0.2) is 24.3 Å². The molecule has 0 bridgehead atoms. The van der Waals surface area contributed by atoms with Crippen LogP contribution >= 0.6 is 0 Å². The number of nitrogens with zero attached hydrogens (tertiary/aromatic N) is 1. The van der Waals surface area contributed by atoms with E-state index in [9.17, 15) is 14.7 Å². The Morgan fingerprint density at radius 3 is 2.57 bits per heavy atom. The summed E-state index contributed by atoms with van der Waals surface area (Å²) in [5.74, 6) is -0.650. The van der Waals surface area contributed by atoms with Crippen LogP contribution in [0, 0.1) is 5.92 Å². The van der Waals surface area contributed by atoms with Crippen molar-refractivity contribution in [3.8, 4) is 0 Å². The van der Waals surface area contributed by atoms with Crippen molar-refractivity contribution in [2.24, 2.45) is 11.7 Å². The van der Waals surface area contributed by atoms with Gasteiger partial charge in [0.2, 0.25) is 5.91 Å². The Balaban J connectivity index is 1.78. The first-order valence-electron chi connectivity index (χ1n) is 7.41. The topological polar surface area (TPSA) is 83.6 Å². The number of fused-ring (bicyclic) bond motifs is 1. The first-order chi connectivity index (χ1) is 10.1. The Kier molecular flexibility index (Phi) is 3.68. The van der Waals surface area contributed by atoms with Crippen LogP contribution in [-0.4, -0.2) is 34.0 Å². The van der Waals surface area contributed by atoms with Gasteiger partial charge in [0.05, 0.1) is 0 Å². The second kappa shape index (κ2) is 5.48. The minimum atomic E-state index is -0.946. The summed E-state index contributed by atoms with van der Waals surface area (Å²) in [6.07, 6.45) is 2.78. The van der Waals surface area contributed by atoms with Crippen LogP contribution in [0.1, 0.15) is 30.4 Å². The van der Waals surface area contributed by atoms with Crippen LogP contribution in [0.5, 0.6) is 0 Å². The maximum absolute atomic E-state index is 12.4. The molecule has 1 aliphatic heterocycles. The highest BCUT2D eigenvalue weighted by molar-refractivity contribution is 5.85. The summed E-state index contributed by atoms with van der Waals surface area (Å²) < 4.78 is 0. The first kappa shape index (κ1) is 14.1. The van der Waals surface area contributed by atoms with Gasteiger partial charge in [-0.1, -0.05) is 24.3 Å². The van der Waals surface area contributed by atoms with Gasteiger partial charge in [0, 0.05) is 25.4 Å². The Bertz CT molecular complexity index is 568. The van der Waals surface area contributed by atoms with Crippen molar-refractivity contribution >= 4 is 11.9 Å². The first-order valence-corrected chi connectivity index (χ1v) is 7.41. The maximum Gasteiger partial charge on any atom is 0.326 e. The molecule has 112 valence electrons. The number of carbonyl (C=O) groups excluding carboxylic acids is 1. The summed E-state index contributed by atoms with van der Waals surface area (Å²) in [6.45, 7) is 0.364. The number of carbonyl (C=O) groups is 2. The molecule has 5 heteroatoms. The molecule has 1 fully saturated rings. The summed E-state index contributed by atoms with van der Waals surface area (Å²) in [5.41, 5.74) is 8.05. The van der Waals surface area contributed by atoms with Crippen LogP contribution in [-0.2, 0) is 22.6 Å². The van der Waals surface area contributed by atoms with Gasteiger partial charge in [-0.05, 0) is 29.9 Å². The van der Waals surface area contributed by atoms with Gasteiger partial charge in [-0.2, -0.15) is 0 Å². The second-order valence-electron chi connectivity index (χ2n) is 6.05. The van der Waals surface area contributed by atoms with Crippen LogP contribution < -0.4 is 5.73 Å². The molecule has 0 radical (unpaired) electrons.